The molecule has 102 valence electrons. The van der Waals surface area contributed by atoms with Crippen LogP contribution in [0.5, 0.6) is 0 Å². The van der Waals surface area contributed by atoms with Crippen LogP contribution in [0.25, 0.3) is 11.0 Å². The van der Waals surface area contributed by atoms with Gasteiger partial charge in [0.2, 0.25) is 0 Å². The first-order chi connectivity index (χ1) is 9.70. The summed E-state index contributed by atoms with van der Waals surface area (Å²) in [7, 11) is 0. The molecular weight excluding hydrogens is 338 g/mol. The summed E-state index contributed by atoms with van der Waals surface area (Å²) in [6, 6.07) is 10.3. The fourth-order valence-electron chi connectivity index (χ4n) is 2.44. The maximum Gasteiger partial charge on any atom is 0.125 e. The van der Waals surface area contributed by atoms with Gasteiger partial charge < -0.3 is 4.57 Å². The summed E-state index contributed by atoms with van der Waals surface area (Å²) in [6.45, 7) is 2.15. The Bertz CT molecular complexity index is 739. The van der Waals surface area contributed by atoms with Crippen LogP contribution in [0.4, 0.5) is 0 Å². The number of hydrogen-bond donors (Lipinski definition) is 0. The second-order valence-corrected chi connectivity index (χ2v) is 5.80. The minimum Gasteiger partial charge on any atom is -0.320 e. The molecule has 2 aromatic heterocycles. The van der Waals surface area contributed by atoms with Crippen LogP contribution in [0.1, 0.15) is 24.4 Å². The van der Waals surface area contributed by atoms with Crippen LogP contribution in [0.3, 0.4) is 0 Å². The minimum absolute atomic E-state index is 0.165. The van der Waals surface area contributed by atoms with Crippen molar-refractivity contribution in [3.63, 3.8) is 0 Å². The van der Waals surface area contributed by atoms with Gasteiger partial charge in [-0.2, -0.15) is 0 Å². The maximum absolute atomic E-state index is 6.07. The number of pyridine rings is 1. The van der Waals surface area contributed by atoms with Gasteiger partial charge >= 0.3 is 0 Å². The first kappa shape index (κ1) is 13.6. The SMILES string of the molecule is CC(c1ccncc1)n1c(CCl)nc2cc(Br)ccc21. The molecular formula is C15H13BrClN3. The molecule has 2 heterocycles. The van der Waals surface area contributed by atoms with Gasteiger partial charge in [-0.25, -0.2) is 4.98 Å². The fourth-order valence-corrected chi connectivity index (χ4v) is 2.98. The first-order valence-electron chi connectivity index (χ1n) is 6.33. The summed E-state index contributed by atoms with van der Waals surface area (Å²) >= 11 is 9.55. The van der Waals surface area contributed by atoms with Crippen molar-refractivity contribution in [2.45, 2.75) is 18.8 Å². The van der Waals surface area contributed by atoms with E-state index in [0.717, 1.165) is 21.3 Å². The normalized spacial score (nSPS) is 12.8. The van der Waals surface area contributed by atoms with Crippen LogP contribution in [-0.2, 0) is 5.88 Å². The zero-order valence-corrected chi connectivity index (χ0v) is 13.3. The second kappa shape index (κ2) is 5.54. The van der Waals surface area contributed by atoms with Crippen LogP contribution >= 0.6 is 27.5 Å². The predicted molar refractivity (Wildman–Crippen MR) is 85.0 cm³/mol. The molecule has 20 heavy (non-hydrogen) atoms. The molecule has 3 rings (SSSR count). The van der Waals surface area contributed by atoms with Crippen LogP contribution in [0.2, 0.25) is 0 Å². The van der Waals surface area contributed by atoms with Gasteiger partial charge in [-0.1, -0.05) is 15.9 Å². The number of imidazole rings is 1. The molecule has 0 aliphatic carbocycles. The van der Waals surface area contributed by atoms with Crippen molar-refractivity contribution in [2.75, 3.05) is 0 Å². The summed E-state index contributed by atoms with van der Waals surface area (Å²) in [4.78, 5) is 8.69. The van der Waals surface area contributed by atoms with Crippen LogP contribution in [0, 0.1) is 0 Å². The van der Waals surface area contributed by atoms with E-state index in [9.17, 15) is 0 Å². The van der Waals surface area contributed by atoms with Crippen LogP contribution in [0.15, 0.2) is 47.2 Å². The zero-order chi connectivity index (χ0) is 14.1. The molecule has 1 atom stereocenters. The van der Waals surface area contributed by atoms with E-state index in [1.54, 1.807) is 0 Å². The van der Waals surface area contributed by atoms with Crippen LogP contribution in [-0.4, -0.2) is 14.5 Å². The highest BCUT2D eigenvalue weighted by Gasteiger charge is 2.16. The van der Waals surface area contributed by atoms with Gasteiger partial charge in [0.1, 0.15) is 5.82 Å². The molecule has 0 spiro atoms. The number of fused-ring (bicyclic) bond motifs is 1. The van der Waals surface area contributed by atoms with E-state index in [1.165, 1.54) is 5.56 Å². The van der Waals surface area contributed by atoms with Gasteiger partial charge in [0.25, 0.3) is 0 Å². The first-order valence-corrected chi connectivity index (χ1v) is 7.65. The van der Waals surface area contributed by atoms with E-state index in [2.05, 4.69) is 43.5 Å². The quantitative estimate of drug-likeness (QED) is 0.649. The van der Waals surface area contributed by atoms with E-state index < -0.39 is 0 Å². The summed E-state index contributed by atoms with van der Waals surface area (Å²) in [5.74, 6) is 1.27. The Morgan fingerprint density at radius 3 is 2.70 bits per heavy atom. The number of hydrogen-bond acceptors (Lipinski definition) is 2. The molecule has 0 fully saturated rings. The van der Waals surface area contributed by atoms with Gasteiger partial charge in [0, 0.05) is 16.9 Å². The monoisotopic (exact) mass is 349 g/mol. The number of nitrogens with zero attached hydrogens (tertiary/aromatic N) is 3. The summed E-state index contributed by atoms with van der Waals surface area (Å²) in [6.07, 6.45) is 3.61. The molecule has 0 radical (unpaired) electrons. The third-order valence-corrected chi connectivity index (χ3v) is 4.15. The largest absolute Gasteiger partial charge is 0.320 e. The predicted octanol–water partition coefficient (Wildman–Crippen LogP) is 4.54. The Labute approximate surface area is 130 Å². The molecule has 1 aromatic carbocycles. The van der Waals surface area contributed by atoms with E-state index in [0.29, 0.717) is 5.88 Å². The lowest BCUT2D eigenvalue weighted by Gasteiger charge is -2.17. The number of rotatable bonds is 3. The smallest absolute Gasteiger partial charge is 0.125 e. The van der Waals surface area contributed by atoms with Crippen molar-refractivity contribution in [1.82, 2.24) is 14.5 Å². The van der Waals surface area contributed by atoms with E-state index in [-0.39, 0.29) is 6.04 Å². The third-order valence-electron chi connectivity index (χ3n) is 3.42. The lowest BCUT2D eigenvalue weighted by atomic mass is 10.1. The van der Waals surface area contributed by atoms with Crippen LogP contribution < -0.4 is 0 Å². The molecule has 1 unspecified atom stereocenters. The molecule has 0 amide bonds. The van der Waals surface area contributed by atoms with Gasteiger partial charge in [-0.3, -0.25) is 4.98 Å². The van der Waals surface area contributed by atoms with Gasteiger partial charge in [-0.15, -0.1) is 11.6 Å². The van der Waals surface area contributed by atoms with Crippen molar-refractivity contribution < 1.29 is 0 Å². The lowest BCUT2D eigenvalue weighted by Crippen LogP contribution is -2.09. The molecule has 0 aliphatic rings. The number of aromatic nitrogens is 3. The Kier molecular flexibility index (Phi) is 3.76. The minimum atomic E-state index is 0.165. The van der Waals surface area contributed by atoms with E-state index >= 15 is 0 Å². The molecule has 3 nitrogen and oxygen atoms in total. The molecule has 0 saturated heterocycles. The number of halogens is 2. The van der Waals surface area contributed by atoms with Crippen molar-refractivity contribution in [1.29, 1.82) is 0 Å². The molecule has 5 heteroatoms. The van der Waals surface area contributed by atoms with Gasteiger partial charge in [0.15, 0.2) is 0 Å². The topological polar surface area (TPSA) is 30.7 Å². The highest BCUT2D eigenvalue weighted by molar-refractivity contribution is 9.10. The summed E-state index contributed by atoms with van der Waals surface area (Å²) < 4.78 is 3.21. The highest BCUT2D eigenvalue weighted by atomic mass is 79.9. The molecule has 0 bridgehead atoms. The molecule has 3 aromatic rings. The lowest BCUT2D eigenvalue weighted by molar-refractivity contribution is 0.633. The van der Waals surface area contributed by atoms with Gasteiger partial charge in [-0.05, 0) is 42.8 Å². The average molecular weight is 351 g/mol. The number of alkyl halides is 1. The maximum atomic E-state index is 6.07. The Hall–Kier alpha value is -1.39. The standard InChI is InChI=1S/C15H13BrClN3/c1-10(11-4-6-18-7-5-11)20-14-3-2-12(16)8-13(14)19-15(20)9-17/h2-8,10H,9H2,1H3. The zero-order valence-electron chi connectivity index (χ0n) is 10.9. The average Bonchev–Trinajstić information content (AvgIpc) is 2.84. The van der Waals surface area contributed by atoms with Crippen molar-refractivity contribution in [3.05, 3.63) is 58.6 Å². The molecule has 0 saturated carbocycles. The van der Waals surface area contributed by atoms with E-state index in [4.69, 9.17) is 11.6 Å². The Morgan fingerprint density at radius 1 is 1.25 bits per heavy atom. The molecule has 0 N–H and O–H groups in total. The highest BCUT2D eigenvalue weighted by Crippen LogP contribution is 2.28. The second-order valence-electron chi connectivity index (χ2n) is 4.62. The fraction of sp³-hybridized carbons (Fsp3) is 0.200. The van der Waals surface area contributed by atoms with Crippen molar-refractivity contribution >= 4 is 38.6 Å². The summed E-state index contributed by atoms with van der Waals surface area (Å²) in [5, 5.41) is 0. The summed E-state index contributed by atoms with van der Waals surface area (Å²) in [5.41, 5.74) is 3.23. The van der Waals surface area contributed by atoms with Crippen molar-refractivity contribution in [3.8, 4) is 0 Å². The third kappa shape index (κ3) is 2.34. The Balaban J connectivity index is 2.19. The Morgan fingerprint density at radius 2 is 2.00 bits per heavy atom. The van der Waals surface area contributed by atoms with E-state index in [1.807, 2.05) is 36.7 Å². The van der Waals surface area contributed by atoms with Gasteiger partial charge in [0.05, 0.1) is 23.0 Å². The van der Waals surface area contributed by atoms with Crippen molar-refractivity contribution in [2.24, 2.45) is 0 Å². The number of benzene rings is 1. The molecule has 0 aliphatic heterocycles.